The van der Waals surface area contributed by atoms with Gasteiger partial charge in [0.15, 0.2) is 0 Å². The Morgan fingerprint density at radius 1 is 0.800 bits per heavy atom. The summed E-state index contributed by atoms with van der Waals surface area (Å²) in [7, 11) is -1.18. The lowest BCUT2D eigenvalue weighted by atomic mass is 10.4. The fourth-order valence-electron chi connectivity index (χ4n) is 2.43. The standard InChI is InChI=1S/C19H22S/c1-4-12-17(5-2)20(3,18-13-8-6-9-14-18)19-15-10-7-11-16-19/h4-16H,1-3H3. The molecule has 0 saturated heterocycles. The van der Waals surface area contributed by atoms with Crippen LogP contribution in [0.1, 0.15) is 13.8 Å². The average molecular weight is 282 g/mol. The molecule has 2 aromatic rings. The van der Waals surface area contributed by atoms with Crippen LogP contribution >= 0.6 is 10.0 Å². The summed E-state index contributed by atoms with van der Waals surface area (Å²) in [5.74, 6) is 0. The minimum atomic E-state index is -1.18. The molecule has 0 aromatic heterocycles. The highest BCUT2D eigenvalue weighted by molar-refractivity contribution is 8.36. The first-order chi connectivity index (χ1) is 9.73. The maximum atomic E-state index is 2.38. The van der Waals surface area contributed by atoms with Crippen molar-refractivity contribution in [1.29, 1.82) is 0 Å². The van der Waals surface area contributed by atoms with E-state index in [2.05, 4.69) is 99.0 Å². The summed E-state index contributed by atoms with van der Waals surface area (Å²) >= 11 is 0. The molecule has 0 aliphatic rings. The van der Waals surface area contributed by atoms with Crippen LogP contribution in [0, 0.1) is 0 Å². The first-order valence-electron chi connectivity index (χ1n) is 6.91. The molecule has 0 radical (unpaired) electrons. The van der Waals surface area contributed by atoms with Gasteiger partial charge in [-0.05, 0) is 59.1 Å². The van der Waals surface area contributed by atoms with Crippen molar-refractivity contribution in [1.82, 2.24) is 0 Å². The van der Waals surface area contributed by atoms with Crippen molar-refractivity contribution in [3.05, 3.63) is 83.8 Å². The minimum absolute atomic E-state index is 1.18. The lowest BCUT2D eigenvalue weighted by molar-refractivity contribution is 1.36. The molecule has 0 heterocycles. The fourth-order valence-corrected chi connectivity index (χ4v) is 5.52. The summed E-state index contributed by atoms with van der Waals surface area (Å²) in [5.41, 5.74) is 0. The highest BCUT2D eigenvalue weighted by atomic mass is 32.3. The van der Waals surface area contributed by atoms with Gasteiger partial charge in [0.1, 0.15) is 0 Å². The second-order valence-corrected chi connectivity index (χ2v) is 7.99. The quantitative estimate of drug-likeness (QED) is 0.602. The third-order valence-electron chi connectivity index (χ3n) is 3.52. The molecule has 0 atom stereocenters. The van der Waals surface area contributed by atoms with Gasteiger partial charge in [-0.25, -0.2) is 0 Å². The van der Waals surface area contributed by atoms with Crippen LogP contribution in [0.3, 0.4) is 0 Å². The summed E-state index contributed by atoms with van der Waals surface area (Å²) in [4.78, 5) is 4.20. The molecule has 0 fully saturated rings. The van der Waals surface area contributed by atoms with Crippen molar-refractivity contribution < 1.29 is 0 Å². The van der Waals surface area contributed by atoms with E-state index in [0.717, 1.165) is 0 Å². The highest BCUT2D eigenvalue weighted by Crippen LogP contribution is 2.65. The molecule has 0 unspecified atom stereocenters. The van der Waals surface area contributed by atoms with Crippen LogP contribution in [-0.2, 0) is 0 Å². The summed E-state index contributed by atoms with van der Waals surface area (Å²) in [6.07, 6.45) is 9.00. The average Bonchev–Trinajstić information content (AvgIpc) is 2.53. The van der Waals surface area contributed by atoms with Gasteiger partial charge in [0.05, 0.1) is 0 Å². The molecule has 0 saturated carbocycles. The number of hydrogen-bond acceptors (Lipinski definition) is 0. The van der Waals surface area contributed by atoms with Crippen molar-refractivity contribution >= 4 is 10.0 Å². The summed E-state index contributed by atoms with van der Waals surface area (Å²) in [6, 6.07) is 21.7. The normalized spacial score (nSPS) is 13.7. The van der Waals surface area contributed by atoms with Crippen LogP contribution in [0.15, 0.2) is 93.6 Å². The second kappa shape index (κ2) is 6.62. The van der Waals surface area contributed by atoms with Gasteiger partial charge in [-0.2, -0.15) is 10.0 Å². The van der Waals surface area contributed by atoms with Crippen LogP contribution in [0.2, 0.25) is 0 Å². The van der Waals surface area contributed by atoms with Gasteiger partial charge in [-0.3, -0.25) is 0 Å². The first-order valence-corrected chi connectivity index (χ1v) is 8.95. The van der Waals surface area contributed by atoms with Crippen LogP contribution in [-0.4, -0.2) is 6.26 Å². The predicted octanol–water partition coefficient (Wildman–Crippen LogP) is 6.02. The van der Waals surface area contributed by atoms with E-state index in [1.807, 2.05) is 0 Å². The Bertz CT molecular complexity index is 555. The van der Waals surface area contributed by atoms with Crippen molar-refractivity contribution in [3.8, 4) is 0 Å². The third-order valence-corrected chi connectivity index (χ3v) is 7.26. The third kappa shape index (κ3) is 2.73. The number of allylic oxidation sites excluding steroid dienone is 3. The lowest BCUT2D eigenvalue weighted by Crippen LogP contribution is -2.02. The fraction of sp³-hybridized carbons (Fsp3) is 0.158. The molecule has 1 heteroatoms. The zero-order valence-electron chi connectivity index (χ0n) is 12.4. The molecule has 2 rings (SSSR count). The Morgan fingerprint density at radius 3 is 1.60 bits per heavy atom. The van der Waals surface area contributed by atoms with E-state index in [-0.39, 0.29) is 0 Å². The zero-order valence-corrected chi connectivity index (χ0v) is 13.2. The largest absolute Gasteiger partial charge is 0.164 e. The van der Waals surface area contributed by atoms with E-state index in [9.17, 15) is 0 Å². The highest BCUT2D eigenvalue weighted by Gasteiger charge is 2.25. The molecule has 20 heavy (non-hydrogen) atoms. The van der Waals surface area contributed by atoms with Crippen LogP contribution < -0.4 is 0 Å². The second-order valence-electron chi connectivity index (χ2n) is 4.74. The molecule has 0 amide bonds. The van der Waals surface area contributed by atoms with Crippen molar-refractivity contribution in [2.45, 2.75) is 23.6 Å². The molecule has 0 bridgehead atoms. The molecular weight excluding hydrogens is 260 g/mol. The number of benzene rings is 2. The molecule has 0 N–H and O–H groups in total. The summed E-state index contributed by atoms with van der Waals surface area (Å²) in [6.45, 7) is 4.21. The SMILES string of the molecule is CC=CC(=CC)S(C)(c1ccccc1)c1ccccc1. The van der Waals surface area contributed by atoms with Crippen molar-refractivity contribution in [2.75, 3.05) is 6.26 Å². The Kier molecular flexibility index (Phi) is 4.86. The zero-order chi connectivity index (χ0) is 14.4. The van der Waals surface area contributed by atoms with E-state index in [1.165, 1.54) is 14.7 Å². The Labute approximate surface area is 124 Å². The number of hydrogen-bond donors (Lipinski definition) is 0. The molecule has 0 aliphatic carbocycles. The molecule has 2 aromatic carbocycles. The molecular formula is C19H22S. The molecule has 0 spiro atoms. The van der Waals surface area contributed by atoms with Crippen LogP contribution in [0.5, 0.6) is 0 Å². The monoisotopic (exact) mass is 282 g/mol. The van der Waals surface area contributed by atoms with Gasteiger partial charge in [-0.15, -0.1) is 0 Å². The first kappa shape index (κ1) is 14.7. The maximum Gasteiger partial charge on any atom is -0.00213 e. The van der Waals surface area contributed by atoms with Crippen molar-refractivity contribution in [2.24, 2.45) is 0 Å². The van der Waals surface area contributed by atoms with E-state index in [1.54, 1.807) is 0 Å². The van der Waals surface area contributed by atoms with Gasteiger partial charge in [0.25, 0.3) is 0 Å². The molecule has 0 aliphatic heterocycles. The summed E-state index contributed by atoms with van der Waals surface area (Å²) < 4.78 is 0. The molecule has 104 valence electrons. The lowest BCUT2D eigenvalue weighted by Gasteiger charge is -2.38. The van der Waals surface area contributed by atoms with Gasteiger partial charge >= 0.3 is 0 Å². The maximum absolute atomic E-state index is 2.38. The van der Waals surface area contributed by atoms with Crippen LogP contribution in [0.4, 0.5) is 0 Å². The summed E-state index contributed by atoms with van der Waals surface area (Å²) in [5, 5.41) is 0. The van der Waals surface area contributed by atoms with E-state index >= 15 is 0 Å². The van der Waals surface area contributed by atoms with E-state index in [4.69, 9.17) is 0 Å². The van der Waals surface area contributed by atoms with E-state index in [0.29, 0.717) is 0 Å². The Hall–Kier alpha value is -1.73. The minimum Gasteiger partial charge on any atom is -0.164 e. The topological polar surface area (TPSA) is 0 Å². The number of rotatable bonds is 4. The van der Waals surface area contributed by atoms with Crippen molar-refractivity contribution in [3.63, 3.8) is 0 Å². The van der Waals surface area contributed by atoms with Gasteiger partial charge in [-0.1, -0.05) is 54.6 Å². The van der Waals surface area contributed by atoms with Gasteiger partial charge in [0.2, 0.25) is 0 Å². The van der Waals surface area contributed by atoms with Gasteiger partial charge < -0.3 is 0 Å². The molecule has 0 nitrogen and oxygen atoms in total. The predicted molar refractivity (Wildman–Crippen MR) is 91.5 cm³/mol. The van der Waals surface area contributed by atoms with Gasteiger partial charge in [0, 0.05) is 0 Å². The Morgan fingerprint density at radius 2 is 1.25 bits per heavy atom. The Balaban J connectivity index is 2.67. The van der Waals surface area contributed by atoms with E-state index < -0.39 is 10.0 Å². The van der Waals surface area contributed by atoms with Crippen LogP contribution in [0.25, 0.3) is 0 Å². The smallest absolute Gasteiger partial charge is 0.00213 e.